The van der Waals surface area contributed by atoms with Crippen LogP contribution in [0.4, 0.5) is 5.82 Å². The van der Waals surface area contributed by atoms with Crippen LogP contribution in [0.2, 0.25) is 0 Å². The molecule has 1 amide bonds. The molecule has 0 radical (unpaired) electrons. The standard InChI is InChI=1S/C19H19N3O3S/c1-11-6-5-9-20-17(11)22-18(23)16-12(2)21-19(26-16)13-7-8-14(24-3)15(10-13)25-4/h5-10H,1-4H3,(H,20,22,23). The number of ether oxygens (including phenoxy) is 2. The summed E-state index contributed by atoms with van der Waals surface area (Å²) in [5.41, 5.74) is 2.44. The molecule has 0 aliphatic carbocycles. The zero-order valence-corrected chi connectivity index (χ0v) is 15.8. The van der Waals surface area contributed by atoms with Gasteiger partial charge in [0.05, 0.1) is 19.9 Å². The van der Waals surface area contributed by atoms with E-state index in [0.717, 1.165) is 16.1 Å². The normalized spacial score (nSPS) is 10.5. The van der Waals surface area contributed by atoms with Crippen LogP contribution < -0.4 is 14.8 Å². The van der Waals surface area contributed by atoms with Crippen molar-refractivity contribution in [2.24, 2.45) is 0 Å². The van der Waals surface area contributed by atoms with E-state index < -0.39 is 0 Å². The molecule has 2 aromatic heterocycles. The minimum absolute atomic E-state index is 0.214. The monoisotopic (exact) mass is 369 g/mol. The number of benzene rings is 1. The third kappa shape index (κ3) is 3.52. The molecule has 0 fully saturated rings. The van der Waals surface area contributed by atoms with Gasteiger partial charge in [-0.2, -0.15) is 0 Å². The summed E-state index contributed by atoms with van der Waals surface area (Å²) in [5, 5.41) is 3.59. The first-order valence-electron chi connectivity index (χ1n) is 7.96. The Bertz CT molecular complexity index is 953. The van der Waals surface area contributed by atoms with Crippen LogP contribution in [0.5, 0.6) is 11.5 Å². The van der Waals surface area contributed by atoms with Crippen LogP contribution in [0, 0.1) is 13.8 Å². The molecule has 26 heavy (non-hydrogen) atoms. The van der Waals surface area contributed by atoms with Gasteiger partial charge in [0.15, 0.2) is 11.5 Å². The lowest BCUT2D eigenvalue weighted by Gasteiger charge is -2.08. The number of aryl methyl sites for hydroxylation is 2. The highest BCUT2D eigenvalue weighted by Gasteiger charge is 2.18. The quantitative estimate of drug-likeness (QED) is 0.733. The van der Waals surface area contributed by atoms with Crippen LogP contribution in [0.3, 0.4) is 0 Å². The third-order valence-corrected chi connectivity index (χ3v) is 5.08. The smallest absolute Gasteiger partial charge is 0.268 e. The zero-order valence-electron chi connectivity index (χ0n) is 15.0. The number of thiazole rings is 1. The van der Waals surface area contributed by atoms with Crippen LogP contribution in [-0.4, -0.2) is 30.1 Å². The molecule has 0 saturated carbocycles. The van der Waals surface area contributed by atoms with Gasteiger partial charge in [-0.25, -0.2) is 9.97 Å². The first-order chi connectivity index (χ1) is 12.5. The number of hydrogen-bond acceptors (Lipinski definition) is 6. The second kappa shape index (κ2) is 7.53. The highest BCUT2D eigenvalue weighted by atomic mass is 32.1. The van der Waals surface area contributed by atoms with E-state index in [1.54, 1.807) is 20.4 Å². The van der Waals surface area contributed by atoms with Crippen LogP contribution in [0.15, 0.2) is 36.5 Å². The summed E-state index contributed by atoms with van der Waals surface area (Å²) in [4.78, 5) is 21.9. The molecule has 0 aliphatic rings. The Morgan fingerprint density at radius 2 is 1.88 bits per heavy atom. The number of anilines is 1. The minimum Gasteiger partial charge on any atom is -0.493 e. The number of rotatable bonds is 5. The van der Waals surface area contributed by atoms with Gasteiger partial charge >= 0.3 is 0 Å². The van der Waals surface area contributed by atoms with Crippen molar-refractivity contribution in [1.82, 2.24) is 9.97 Å². The van der Waals surface area contributed by atoms with Gasteiger partial charge in [0.1, 0.15) is 15.7 Å². The van der Waals surface area contributed by atoms with Gasteiger partial charge in [-0.15, -0.1) is 11.3 Å². The summed E-state index contributed by atoms with van der Waals surface area (Å²) in [5.74, 6) is 1.60. The lowest BCUT2D eigenvalue weighted by molar-refractivity contribution is 0.102. The van der Waals surface area contributed by atoms with E-state index in [1.165, 1.54) is 11.3 Å². The molecule has 0 saturated heterocycles. The van der Waals surface area contributed by atoms with Crippen molar-refractivity contribution in [2.75, 3.05) is 19.5 Å². The number of nitrogens with one attached hydrogen (secondary N) is 1. The highest BCUT2D eigenvalue weighted by Crippen LogP contribution is 2.35. The summed E-state index contributed by atoms with van der Waals surface area (Å²) in [6.45, 7) is 3.72. The summed E-state index contributed by atoms with van der Waals surface area (Å²) in [7, 11) is 3.18. The maximum Gasteiger partial charge on any atom is 0.268 e. The van der Waals surface area contributed by atoms with Crippen molar-refractivity contribution >= 4 is 23.1 Å². The second-order valence-electron chi connectivity index (χ2n) is 5.63. The number of aromatic nitrogens is 2. The molecule has 0 unspecified atom stereocenters. The van der Waals surface area contributed by atoms with Gasteiger partial charge in [-0.3, -0.25) is 4.79 Å². The predicted molar refractivity (Wildman–Crippen MR) is 102 cm³/mol. The molecular weight excluding hydrogens is 350 g/mol. The molecule has 7 heteroatoms. The van der Waals surface area contributed by atoms with E-state index >= 15 is 0 Å². The van der Waals surface area contributed by atoms with Crippen LogP contribution in [0.25, 0.3) is 10.6 Å². The Kier molecular flexibility index (Phi) is 5.18. The summed E-state index contributed by atoms with van der Waals surface area (Å²) in [6.07, 6.45) is 1.65. The third-order valence-electron chi connectivity index (χ3n) is 3.87. The fourth-order valence-corrected chi connectivity index (χ4v) is 3.44. The van der Waals surface area contributed by atoms with Crippen molar-refractivity contribution in [2.45, 2.75) is 13.8 Å². The Morgan fingerprint density at radius 3 is 2.58 bits per heavy atom. The molecule has 3 aromatic rings. The number of hydrogen-bond donors (Lipinski definition) is 1. The molecular formula is C19H19N3O3S. The van der Waals surface area contributed by atoms with Gasteiger partial charge in [0.25, 0.3) is 5.91 Å². The predicted octanol–water partition coefficient (Wildman–Crippen LogP) is 4.09. The summed E-state index contributed by atoms with van der Waals surface area (Å²) < 4.78 is 10.6. The van der Waals surface area contributed by atoms with Crippen molar-refractivity contribution in [1.29, 1.82) is 0 Å². The van der Waals surface area contributed by atoms with E-state index in [9.17, 15) is 4.79 Å². The van der Waals surface area contributed by atoms with E-state index in [-0.39, 0.29) is 5.91 Å². The summed E-state index contributed by atoms with van der Waals surface area (Å²) in [6, 6.07) is 9.29. The Hall–Kier alpha value is -2.93. The number of carbonyl (C=O) groups excluding carboxylic acids is 1. The molecule has 134 valence electrons. The SMILES string of the molecule is COc1ccc(-c2nc(C)c(C(=O)Nc3ncccc3C)s2)cc1OC. The molecule has 0 spiro atoms. The largest absolute Gasteiger partial charge is 0.493 e. The molecule has 3 rings (SSSR count). The van der Waals surface area contributed by atoms with E-state index in [0.29, 0.717) is 27.9 Å². The molecule has 0 bridgehead atoms. The molecule has 2 heterocycles. The van der Waals surface area contributed by atoms with E-state index in [4.69, 9.17) is 9.47 Å². The topological polar surface area (TPSA) is 73.3 Å². The Morgan fingerprint density at radius 1 is 1.12 bits per heavy atom. The van der Waals surface area contributed by atoms with Crippen molar-refractivity contribution in [3.05, 3.63) is 52.7 Å². The first kappa shape index (κ1) is 17.9. The van der Waals surface area contributed by atoms with Crippen molar-refractivity contribution in [3.8, 4) is 22.1 Å². The number of nitrogens with zero attached hydrogens (tertiary/aromatic N) is 2. The molecule has 1 N–H and O–H groups in total. The fraction of sp³-hybridized carbons (Fsp3) is 0.211. The molecule has 0 atom stereocenters. The van der Waals surface area contributed by atoms with Gasteiger partial charge in [-0.05, 0) is 43.7 Å². The van der Waals surface area contributed by atoms with E-state index in [2.05, 4.69) is 15.3 Å². The number of amides is 1. The summed E-state index contributed by atoms with van der Waals surface area (Å²) >= 11 is 1.33. The van der Waals surface area contributed by atoms with Gasteiger partial charge in [-0.1, -0.05) is 6.07 Å². The van der Waals surface area contributed by atoms with Gasteiger partial charge in [0, 0.05) is 11.8 Å². The highest BCUT2D eigenvalue weighted by molar-refractivity contribution is 7.17. The average Bonchev–Trinajstić information content (AvgIpc) is 3.04. The lowest BCUT2D eigenvalue weighted by Crippen LogP contribution is -2.13. The first-order valence-corrected chi connectivity index (χ1v) is 8.78. The average molecular weight is 369 g/mol. The second-order valence-corrected chi connectivity index (χ2v) is 6.63. The van der Waals surface area contributed by atoms with Crippen molar-refractivity contribution in [3.63, 3.8) is 0 Å². The number of methoxy groups -OCH3 is 2. The fourth-order valence-electron chi connectivity index (χ4n) is 2.48. The lowest BCUT2D eigenvalue weighted by atomic mass is 10.2. The van der Waals surface area contributed by atoms with E-state index in [1.807, 2.05) is 44.2 Å². The Labute approximate surface area is 155 Å². The minimum atomic E-state index is -0.214. The number of pyridine rings is 1. The maximum absolute atomic E-state index is 12.6. The number of carbonyl (C=O) groups is 1. The van der Waals surface area contributed by atoms with Crippen LogP contribution in [0.1, 0.15) is 20.9 Å². The van der Waals surface area contributed by atoms with Crippen LogP contribution >= 0.6 is 11.3 Å². The Balaban J connectivity index is 1.90. The maximum atomic E-state index is 12.6. The van der Waals surface area contributed by atoms with Crippen molar-refractivity contribution < 1.29 is 14.3 Å². The zero-order chi connectivity index (χ0) is 18.7. The van der Waals surface area contributed by atoms with Crippen LogP contribution in [-0.2, 0) is 0 Å². The van der Waals surface area contributed by atoms with Gasteiger partial charge in [0.2, 0.25) is 0 Å². The van der Waals surface area contributed by atoms with Gasteiger partial charge < -0.3 is 14.8 Å². The molecule has 6 nitrogen and oxygen atoms in total. The molecule has 1 aromatic carbocycles. The molecule has 0 aliphatic heterocycles.